The lowest BCUT2D eigenvalue weighted by atomic mass is 10.0. The molecule has 1 nitrogen and oxygen atoms in total. The quantitative estimate of drug-likeness (QED) is 0.634. The van der Waals surface area contributed by atoms with E-state index < -0.39 is 0 Å². The van der Waals surface area contributed by atoms with Crippen molar-refractivity contribution >= 4 is 15.9 Å². The summed E-state index contributed by atoms with van der Waals surface area (Å²) in [4.78, 5) is 0. The molecule has 0 aliphatic carbocycles. The second-order valence-electron chi connectivity index (χ2n) is 3.22. The number of aryl methyl sites for hydroxylation is 1. The molecule has 0 unspecified atom stereocenters. The van der Waals surface area contributed by atoms with Crippen molar-refractivity contribution in [3.63, 3.8) is 0 Å². The van der Waals surface area contributed by atoms with Crippen LogP contribution in [0.1, 0.15) is 24.0 Å². The highest BCUT2D eigenvalue weighted by Crippen LogP contribution is 2.22. The first kappa shape index (κ1) is 10.6. The second-order valence-corrected chi connectivity index (χ2v) is 4.01. The number of rotatable bonds is 4. The number of halogens is 1. The molecule has 0 saturated heterocycles. The van der Waals surface area contributed by atoms with Crippen LogP contribution < -0.4 is 0 Å². The van der Waals surface area contributed by atoms with Gasteiger partial charge in [0.25, 0.3) is 0 Å². The molecule has 1 aromatic carbocycles. The highest BCUT2D eigenvalue weighted by molar-refractivity contribution is 9.09. The van der Waals surface area contributed by atoms with Crippen molar-refractivity contribution < 1.29 is 5.11 Å². The molecular weight excluding hydrogens is 228 g/mol. The Kier molecular flexibility index (Phi) is 4.29. The van der Waals surface area contributed by atoms with Crippen LogP contribution in [0.4, 0.5) is 0 Å². The summed E-state index contributed by atoms with van der Waals surface area (Å²) in [6.07, 6.45) is 3.27. The van der Waals surface area contributed by atoms with Crippen molar-refractivity contribution in [2.45, 2.75) is 26.2 Å². The molecule has 0 atom stereocenters. The molecule has 0 amide bonds. The van der Waals surface area contributed by atoms with Gasteiger partial charge in [0.15, 0.2) is 0 Å². The Bertz CT molecular complexity index is 251. The van der Waals surface area contributed by atoms with E-state index in [9.17, 15) is 5.11 Å². The van der Waals surface area contributed by atoms with Crippen LogP contribution in [-0.2, 0) is 6.42 Å². The van der Waals surface area contributed by atoms with Crippen LogP contribution in [0.2, 0.25) is 0 Å². The number of phenols is 1. The van der Waals surface area contributed by atoms with Crippen molar-refractivity contribution in [1.29, 1.82) is 0 Å². The van der Waals surface area contributed by atoms with Gasteiger partial charge in [0.1, 0.15) is 5.75 Å². The Hall–Kier alpha value is -0.500. The fourth-order valence-electron chi connectivity index (χ4n) is 1.41. The van der Waals surface area contributed by atoms with Crippen LogP contribution in [0.5, 0.6) is 5.75 Å². The number of hydrogen-bond donors (Lipinski definition) is 1. The number of aromatic hydroxyl groups is 1. The number of phenolic OH excluding ortho intramolecular Hbond substituents is 1. The first-order chi connectivity index (χ1) is 6.25. The first-order valence-corrected chi connectivity index (χ1v) is 5.71. The predicted molar refractivity (Wildman–Crippen MR) is 59.6 cm³/mol. The molecule has 0 bridgehead atoms. The van der Waals surface area contributed by atoms with Gasteiger partial charge in [0.05, 0.1) is 0 Å². The Balaban J connectivity index is 2.64. The van der Waals surface area contributed by atoms with E-state index in [1.165, 1.54) is 5.56 Å². The van der Waals surface area contributed by atoms with Crippen molar-refractivity contribution in [2.75, 3.05) is 5.33 Å². The van der Waals surface area contributed by atoms with E-state index in [2.05, 4.69) is 15.9 Å². The minimum Gasteiger partial charge on any atom is -0.508 e. The molecule has 1 N–H and O–H groups in total. The summed E-state index contributed by atoms with van der Waals surface area (Å²) in [5.41, 5.74) is 2.29. The summed E-state index contributed by atoms with van der Waals surface area (Å²) in [5.74, 6) is 0.439. The zero-order valence-corrected chi connectivity index (χ0v) is 9.47. The lowest BCUT2D eigenvalue weighted by molar-refractivity contribution is 0.466. The summed E-state index contributed by atoms with van der Waals surface area (Å²) >= 11 is 3.40. The zero-order chi connectivity index (χ0) is 9.68. The largest absolute Gasteiger partial charge is 0.508 e. The van der Waals surface area contributed by atoms with Gasteiger partial charge in [-0.05, 0) is 43.4 Å². The van der Waals surface area contributed by atoms with Crippen LogP contribution in [0.25, 0.3) is 0 Å². The first-order valence-electron chi connectivity index (χ1n) is 4.59. The van der Waals surface area contributed by atoms with Gasteiger partial charge in [0, 0.05) is 5.33 Å². The molecule has 13 heavy (non-hydrogen) atoms. The molecule has 0 fully saturated rings. The van der Waals surface area contributed by atoms with Crippen molar-refractivity contribution in [1.82, 2.24) is 0 Å². The van der Waals surface area contributed by atoms with Gasteiger partial charge in [0.2, 0.25) is 0 Å². The SMILES string of the molecule is Cc1cccc(O)c1CCCCBr. The molecule has 0 aromatic heterocycles. The second kappa shape index (κ2) is 5.28. The minimum atomic E-state index is 0.439. The van der Waals surface area contributed by atoms with Crippen LogP contribution in [-0.4, -0.2) is 10.4 Å². The number of unbranched alkanes of at least 4 members (excludes halogenated alkanes) is 1. The van der Waals surface area contributed by atoms with Gasteiger partial charge in [-0.25, -0.2) is 0 Å². The minimum absolute atomic E-state index is 0.439. The lowest BCUT2D eigenvalue weighted by Crippen LogP contribution is -1.90. The fraction of sp³-hybridized carbons (Fsp3) is 0.455. The summed E-state index contributed by atoms with van der Waals surface area (Å²) in [6, 6.07) is 5.69. The molecule has 0 aliphatic rings. The summed E-state index contributed by atoms with van der Waals surface area (Å²) in [5, 5.41) is 10.6. The Labute approximate surface area is 87.9 Å². The highest BCUT2D eigenvalue weighted by Gasteiger charge is 2.02. The van der Waals surface area contributed by atoms with Crippen LogP contribution >= 0.6 is 15.9 Å². The van der Waals surface area contributed by atoms with E-state index in [4.69, 9.17) is 0 Å². The van der Waals surface area contributed by atoms with Crippen molar-refractivity contribution in [3.05, 3.63) is 29.3 Å². The van der Waals surface area contributed by atoms with Crippen LogP contribution in [0.15, 0.2) is 18.2 Å². The molecule has 0 saturated carbocycles. The van der Waals surface area contributed by atoms with E-state index in [1.54, 1.807) is 6.07 Å². The van der Waals surface area contributed by atoms with Crippen LogP contribution in [0.3, 0.4) is 0 Å². The van der Waals surface area contributed by atoms with E-state index in [0.717, 1.165) is 30.2 Å². The molecule has 1 aromatic rings. The van der Waals surface area contributed by atoms with E-state index in [-0.39, 0.29) is 0 Å². The number of hydrogen-bond acceptors (Lipinski definition) is 1. The molecule has 0 spiro atoms. The third-order valence-corrected chi connectivity index (χ3v) is 2.76. The maximum absolute atomic E-state index is 9.58. The summed E-state index contributed by atoms with van der Waals surface area (Å²) in [6.45, 7) is 2.04. The summed E-state index contributed by atoms with van der Waals surface area (Å²) in [7, 11) is 0. The smallest absolute Gasteiger partial charge is 0.119 e. The van der Waals surface area contributed by atoms with E-state index >= 15 is 0 Å². The zero-order valence-electron chi connectivity index (χ0n) is 7.89. The third-order valence-electron chi connectivity index (χ3n) is 2.20. The third kappa shape index (κ3) is 3.03. The van der Waals surface area contributed by atoms with Gasteiger partial charge in [-0.3, -0.25) is 0 Å². The lowest BCUT2D eigenvalue weighted by Gasteiger charge is -2.06. The maximum Gasteiger partial charge on any atom is 0.119 e. The molecule has 1 rings (SSSR count). The Morgan fingerprint density at radius 2 is 2.08 bits per heavy atom. The average molecular weight is 243 g/mol. The normalized spacial score (nSPS) is 10.3. The average Bonchev–Trinajstić information content (AvgIpc) is 2.10. The molecule has 72 valence electrons. The standard InChI is InChI=1S/C11H15BrO/c1-9-5-4-7-11(13)10(9)6-2-3-8-12/h4-5,7,13H,2-3,6,8H2,1H3. The topological polar surface area (TPSA) is 20.2 Å². The molecule has 0 radical (unpaired) electrons. The van der Waals surface area contributed by atoms with Gasteiger partial charge in [-0.15, -0.1) is 0 Å². The van der Waals surface area contributed by atoms with Gasteiger partial charge in [-0.2, -0.15) is 0 Å². The molecular formula is C11H15BrO. The predicted octanol–water partition coefficient (Wildman–Crippen LogP) is 3.42. The Morgan fingerprint density at radius 3 is 2.69 bits per heavy atom. The van der Waals surface area contributed by atoms with Gasteiger partial charge >= 0.3 is 0 Å². The van der Waals surface area contributed by atoms with Gasteiger partial charge in [-0.1, -0.05) is 28.1 Å². The number of benzene rings is 1. The number of alkyl halides is 1. The van der Waals surface area contributed by atoms with E-state index in [0.29, 0.717) is 5.75 Å². The molecule has 0 heterocycles. The molecule has 0 aliphatic heterocycles. The van der Waals surface area contributed by atoms with Crippen molar-refractivity contribution in [2.24, 2.45) is 0 Å². The fourth-order valence-corrected chi connectivity index (χ4v) is 1.80. The van der Waals surface area contributed by atoms with Crippen molar-refractivity contribution in [3.8, 4) is 5.75 Å². The molecule has 2 heteroatoms. The highest BCUT2D eigenvalue weighted by atomic mass is 79.9. The summed E-state index contributed by atoms with van der Waals surface area (Å²) < 4.78 is 0. The Morgan fingerprint density at radius 1 is 1.31 bits per heavy atom. The van der Waals surface area contributed by atoms with Crippen LogP contribution in [0, 0.1) is 6.92 Å². The van der Waals surface area contributed by atoms with Gasteiger partial charge < -0.3 is 5.11 Å². The van der Waals surface area contributed by atoms with E-state index in [1.807, 2.05) is 19.1 Å². The monoisotopic (exact) mass is 242 g/mol. The maximum atomic E-state index is 9.58.